The van der Waals surface area contributed by atoms with Crippen molar-refractivity contribution in [3.05, 3.63) is 181 Å². The molecule has 250 valence electrons. The molecule has 0 amide bonds. The molecule has 4 aromatic heterocycles. The van der Waals surface area contributed by atoms with E-state index in [4.69, 9.17) is 0 Å². The molecular formula is C48H34S4. The molecule has 0 N–H and O–H groups in total. The van der Waals surface area contributed by atoms with E-state index in [2.05, 4.69) is 184 Å². The number of thiophene rings is 4. The van der Waals surface area contributed by atoms with E-state index in [9.17, 15) is 0 Å². The molecule has 0 aliphatic carbocycles. The summed E-state index contributed by atoms with van der Waals surface area (Å²) in [6.07, 6.45) is 0. The zero-order valence-corrected chi connectivity index (χ0v) is 32.1. The van der Waals surface area contributed by atoms with Gasteiger partial charge in [-0.1, -0.05) is 132 Å². The summed E-state index contributed by atoms with van der Waals surface area (Å²) in [7, 11) is 0. The molecule has 0 bridgehead atoms. The first-order valence-electron chi connectivity index (χ1n) is 17.4. The van der Waals surface area contributed by atoms with Gasteiger partial charge in [0.05, 0.1) is 0 Å². The number of aryl methyl sites for hydroxylation is 2. The molecule has 0 nitrogen and oxygen atoms in total. The van der Waals surface area contributed by atoms with Gasteiger partial charge >= 0.3 is 0 Å². The van der Waals surface area contributed by atoms with Gasteiger partial charge in [-0.3, -0.25) is 0 Å². The Kier molecular flexibility index (Phi) is 8.91. The number of hydrogen-bond acceptors (Lipinski definition) is 4. The highest BCUT2D eigenvalue weighted by Gasteiger charge is 2.11. The van der Waals surface area contributed by atoms with Crippen LogP contribution in [0.25, 0.3) is 83.5 Å². The first kappa shape index (κ1) is 32.8. The van der Waals surface area contributed by atoms with Gasteiger partial charge in [-0.15, -0.1) is 45.3 Å². The predicted molar refractivity (Wildman–Crippen MR) is 231 cm³/mol. The second-order valence-electron chi connectivity index (χ2n) is 13.1. The molecule has 9 aromatic rings. The maximum atomic E-state index is 2.26. The molecule has 0 unspecified atom stereocenters. The minimum Gasteiger partial charge on any atom is -0.135 e. The highest BCUT2D eigenvalue weighted by atomic mass is 32.1. The van der Waals surface area contributed by atoms with Gasteiger partial charge in [-0.25, -0.2) is 0 Å². The molecule has 0 aliphatic heterocycles. The fourth-order valence-corrected chi connectivity index (χ4v) is 10.5. The van der Waals surface area contributed by atoms with Crippen molar-refractivity contribution < 1.29 is 0 Å². The van der Waals surface area contributed by atoms with E-state index in [-0.39, 0.29) is 0 Å². The van der Waals surface area contributed by atoms with Gasteiger partial charge < -0.3 is 0 Å². The topological polar surface area (TPSA) is 0 Å². The Balaban J connectivity index is 0.858. The lowest BCUT2D eigenvalue weighted by Gasteiger charge is -2.03. The largest absolute Gasteiger partial charge is 0.135 e. The molecular weight excluding hydrogens is 705 g/mol. The number of hydrogen-bond donors (Lipinski definition) is 0. The van der Waals surface area contributed by atoms with Crippen LogP contribution in [0.1, 0.15) is 11.1 Å². The Hall–Kier alpha value is -5.10. The van der Waals surface area contributed by atoms with Crippen LogP contribution < -0.4 is 0 Å². The van der Waals surface area contributed by atoms with Gasteiger partial charge in [0, 0.05) is 39.0 Å². The van der Waals surface area contributed by atoms with Crippen molar-refractivity contribution in [2.24, 2.45) is 0 Å². The van der Waals surface area contributed by atoms with Crippen molar-refractivity contribution in [2.75, 3.05) is 0 Å². The summed E-state index contributed by atoms with van der Waals surface area (Å²) >= 11 is 7.41. The predicted octanol–water partition coefficient (Wildman–Crippen LogP) is 15.9. The van der Waals surface area contributed by atoms with Crippen LogP contribution in [-0.4, -0.2) is 0 Å². The SMILES string of the molecule is Cc1ccc(-c2ccc(-c3ccc(-c4ccc(-c5ccc(-c6ccc(-c7ccc(-c8ccc(-c9ccc(C)cc9)s8)cc7)s6)cc5)s4)cc3)s2)cc1. The van der Waals surface area contributed by atoms with Crippen molar-refractivity contribution in [3.63, 3.8) is 0 Å². The van der Waals surface area contributed by atoms with E-state index in [1.54, 1.807) is 0 Å². The second-order valence-corrected chi connectivity index (χ2v) is 17.5. The summed E-state index contributed by atoms with van der Waals surface area (Å²) < 4.78 is 0. The molecule has 0 atom stereocenters. The van der Waals surface area contributed by atoms with Crippen LogP contribution in [0.3, 0.4) is 0 Å². The molecule has 0 spiro atoms. The molecule has 52 heavy (non-hydrogen) atoms. The average molecular weight is 739 g/mol. The van der Waals surface area contributed by atoms with Crippen LogP contribution in [0.5, 0.6) is 0 Å². The first-order chi connectivity index (χ1) is 25.5. The Morgan fingerprint density at radius 2 is 0.327 bits per heavy atom. The Morgan fingerprint density at radius 1 is 0.192 bits per heavy atom. The van der Waals surface area contributed by atoms with Crippen LogP contribution in [0, 0.1) is 13.8 Å². The molecule has 0 saturated heterocycles. The van der Waals surface area contributed by atoms with Crippen molar-refractivity contribution in [2.45, 2.75) is 13.8 Å². The van der Waals surface area contributed by atoms with Crippen molar-refractivity contribution in [1.82, 2.24) is 0 Å². The van der Waals surface area contributed by atoms with Crippen molar-refractivity contribution in [1.29, 1.82) is 0 Å². The van der Waals surface area contributed by atoms with Gasteiger partial charge in [-0.2, -0.15) is 0 Å². The third-order valence-electron chi connectivity index (χ3n) is 9.46. The van der Waals surface area contributed by atoms with Gasteiger partial charge in [0.25, 0.3) is 0 Å². The molecule has 0 fully saturated rings. The summed E-state index contributed by atoms with van der Waals surface area (Å²) in [4.78, 5) is 10.4. The second kappa shape index (κ2) is 14.1. The normalized spacial score (nSPS) is 11.3. The zero-order valence-electron chi connectivity index (χ0n) is 28.8. The van der Waals surface area contributed by atoms with Crippen LogP contribution in [0.4, 0.5) is 0 Å². The first-order valence-corrected chi connectivity index (χ1v) is 20.6. The van der Waals surface area contributed by atoms with Crippen molar-refractivity contribution in [3.8, 4) is 83.5 Å². The van der Waals surface area contributed by atoms with Gasteiger partial charge in [-0.05, 0) is 107 Å². The molecule has 0 aliphatic rings. The van der Waals surface area contributed by atoms with Crippen LogP contribution in [0.15, 0.2) is 170 Å². The smallest absolute Gasteiger partial charge is 0.0349 e. The lowest BCUT2D eigenvalue weighted by atomic mass is 10.1. The molecule has 4 heterocycles. The van der Waals surface area contributed by atoms with E-state index >= 15 is 0 Å². The summed E-state index contributed by atoms with van der Waals surface area (Å²) in [5, 5.41) is 0. The minimum absolute atomic E-state index is 1.25. The summed E-state index contributed by atoms with van der Waals surface area (Å²) in [5.74, 6) is 0. The van der Waals surface area contributed by atoms with Gasteiger partial charge in [0.2, 0.25) is 0 Å². The van der Waals surface area contributed by atoms with Crippen LogP contribution in [-0.2, 0) is 0 Å². The standard InChI is InChI=1S/C48H34S4/c1-31-3-7-33(8-4-31)41-23-25-43(49-41)35-11-15-37(16-12-35)45-27-29-47(51-45)39-19-21-40(22-20-39)48-30-28-46(52-48)38-17-13-36(14-18-38)44-26-24-42(50-44)34-9-5-32(2)6-10-34/h3-30H,1-2H3. The molecule has 9 rings (SSSR count). The zero-order chi connectivity index (χ0) is 35.0. The monoisotopic (exact) mass is 738 g/mol. The maximum Gasteiger partial charge on any atom is 0.0349 e. The van der Waals surface area contributed by atoms with Crippen LogP contribution in [0.2, 0.25) is 0 Å². The summed E-state index contributed by atoms with van der Waals surface area (Å²) in [6.45, 7) is 4.26. The Bertz CT molecular complexity index is 2400. The minimum atomic E-state index is 1.25. The fraction of sp³-hybridized carbons (Fsp3) is 0.0417. The Morgan fingerprint density at radius 3 is 0.481 bits per heavy atom. The Labute approximate surface area is 321 Å². The number of benzene rings is 5. The van der Waals surface area contributed by atoms with E-state index in [0.717, 1.165) is 0 Å². The maximum absolute atomic E-state index is 2.26. The summed E-state index contributed by atoms with van der Waals surface area (Å²) in [6, 6.07) is 62.6. The van der Waals surface area contributed by atoms with E-state index in [0.29, 0.717) is 0 Å². The lowest BCUT2D eigenvalue weighted by Crippen LogP contribution is -1.75. The van der Waals surface area contributed by atoms with Gasteiger partial charge in [0.1, 0.15) is 0 Å². The van der Waals surface area contributed by atoms with Crippen molar-refractivity contribution >= 4 is 45.3 Å². The lowest BCUT2D eigenvalue weighted by molar-refractivity contribution is 1.48. The van der Waals surface area contributed by atoms with E-state index in [1.807, 2.05) is 45.3 Å². The highest BCUT2D eigenvalue weighted by molar-refractivity contribution is 7.20. The number of rotatable bonds is 8. The third kappa shape index (κ3) is 6.79. The van der Waals surface area contributed by atoms with E-state index < -0.39 is 0 Å². The third-order valence-corrected chi connectivity index (χ3v) is 14.2. The van der Waals surface area contributed by atoms with Crippen LogP contribution >= 0.6 is 45.3 Å². The fourth-order valence-electron chi connectivity index (χ4n) is 6.42. The summed E-state index contributed by atoms with van der Waals surface area (Å²) in [5.41, 5.74) is 12.7. The van der Waals surface area contributed by atoms with Gasteiger partial charge in [0.15, 0.2) is 0 Å². The molecule has 5 aromatic carbocycles. The highest BCUT2D eigenvalue weighted by Crippen LogP contribution is 2.41. The average Bonchev–Trinajstić information content (AvgIpc) is 4.03. The molecule has 4 heteroatoms. The van der Waals surface area contributed by atoms with E-state index in [1.165, 1.54) is 94.7 Å². The molecule has 0 saturated carbocycles. The molecule has 0 radical (unpaired) electrons. The quantitative estimate of drug-likeness (QED) is 0.146.